The van der Waals surface area contributed by atoms with Gasteiger partial charge in [0.2, 0.25) is 0 Å². The SMILES string of the molecule is O=C(O)CCCCCNC/C=C/c1ccc(-n2cc(CCCF)nn2)cc1. The highest BCUT2D eigenvalue weighted by molar-refractivity contribution is 5.66. The number of carboxylic acids is 1. The van der Waals surface area contributed by atoms with Crippen molar-refractivity contribution in [3.63, 3.8) is 0 Å². The summed E-state index contributed by atoms with van der Waals surface area (Å²) in [7, 11) is 0. The van der Waals surface area contributed by atoms with Crippen LogP contribution in [0.5, 0.6) is 0 Å². The Bertz CT molecular complexity index is 713. The zero-order chi connectivity index (χ0) is 19.3. The van der Waals surface area contributed by atoms with E-state index in [2.05, 4.69) is 27.8 Å². The third-order valence-electron chi connectivity index (χ3n) is 4.08. The molecule has 2 N–H and O–H groups in total. The topological polar surface area (TPSA) is 80.0 Å². The fourth-order valence-electron chi connectivity index (χ4n) is 2.61. The van der Waals surface area contributed by atoms with Crippen molar-refractivity contribution in [3.05, 3.63) is 47.8 Å². The van der Waals surface area contributed by atoms with Gasteiger partial charge in [-0.1, -0.05) is 35.9 Å². The Labute approximate surface area is 159 Å². The fourth-order valence-corrected chi connectivity index (χ4v) is 2.61. The molecule has 0 saturated carbocycles. The molecule has 0 fully saturated rings. The second-order valence-corrected chi connectivity index (χ2v) is 6.35. The van der Waals surface area contributed by atoms with Crippen LogP contribution in [0.15, 0.2) is 36.5 Å². The summed E-state index contributed by atoms with van der Waals surface area (Å²) >= 11 is 0. The number of carboxylic acid groups (broad SMARTS) is 1. The molecule has 0 saturated heterocycles. The molecule has 7 heteroatoms. The van der Waals surface area contributed by atoms with Gasteiger partial charge in [0.25, 0.3) is 0 Å². The lowest BCUT2D eigenvalue weighted by Crippen LogP contribution is -2.14. The Morgan fingerprint density at radius 3 is 2.74 bits per heavy atom. The van der Waals surface area contributed by atoms with Crippen LogP contribution >= 0.6 is 0 Å². The van der Waals surface area contributed by atoms with Gasteiger partial charge in [0, 0.05) is 13.0 Å². The van der Waals surface area contributed by atoms with Crippen LogP contribution in [0.1, 0.15) is 43.4 Å². The maximum atomic E-state index is 12.2. The van der Waals surface area contributed by atoms with Crippen LogP contribution in [0, 0.1) is 0 Å². The molecule has 0 aliphatic heterocycles. The number of benzene rings is 1. The van der Waals surface area contributed by atoms with Gasteiger partial charge in [-0.3, -0.25) is 9.18 Å². The summed E-state index contributed by atoms with van der Waals surface area (Å²) in [5.74, 6) is -0.724. The number of nitrogens with zero attached hydrogens (tertiary/aromatic N) is 3. The van der Waals surface area contributed by atoms with Gasteiger partial charge in [0.15, 0.2) is 0 Å². The predicted octanol–water partition coefficient (Wildman–Crippen LogP) is 3.42. The third-order valence-corrected chi connectivity index (χ3v) is 4.08. The minimum Gasteiger partial charge on any atom is -0.481 e. The molecule has 0 aliphatic carbocycles. The van der Waals surface area contributed by atoms with E-state index < -0.39 is 5.97 Å². The predicted molar refractivity (Wildman–Crippen MR) is 104 cm³/mol. The first-order chi connectivity index (χ1) is 13.2. The fraction of sp³-hybridized carbons (Fsp3) is 0.450. The number of aryl methyl sites for hydroxylation is 1. The van der Waals surface area contributed by atoms with E-state index >= 15 is 0 Å². The molecule has 0 spiro atoms. The molecule has 146 valence electrons. The monoisotopic (exact) mass is 374 g/mol. The number of alkyl halides is 1. The Hall–Kier alpha value is -2.54. The number of nitrogens with one attached hydrogen (secondary N) is 1. The van der Waals surface area contributed by atoms with E-state index in [0.717, 1.165) is 49.3 Å². The molecule has 0 bridgehead atoms. The lowest BCUT2D eigenvalue weighted by atomic mass is 10.2. The van der Waals surface area contributed by atoms with Crippen LogP contribution in [0.25, 0.3) is 11.8 Å². The molecule has 27 heavy (non-hydrogen) atoms. The third kappa shape index (κ3) is 8.13. The molecule has 0 radical (unpaired) electrons. The van der Waals surface area contributed by atoms with Crippen molar-refractivity contribution in [2.45, 2.75) is 38.5 Å². The van der Waals surface area contributed by atoms with Crippen LogP contribution in [-0.2, 0) is 11.2 Å². The van der Waals surface area contributed by atoms with Crippen molar-refractivity contribution in [2.75, 3.05) is 19.8 Å². The number of unbranched alkanes of at least 4 members (excludes halogenated alkanes) is 2. The first kappa shape index (κ1) is 20.8. The van der Waals surface area contributed by atoms with Gasteiger partial charge in [-0.15, -0.1) is 5.10 Å². The summed E-state index contributed by atoms with van der Waals surface area (Å²) in [5.41, 5.74) is 2.82. The van der Waals surface area contributed by atoms with Gasteiger partial charge < -0.3 is 10.4 Å². The van der Waals surface area contributed by atoms with Crippen LogP contribution in [0.3, 0.4) is 0 Å². The Morgan fingerprint density at radius 2 is 2.00 bits per heavy atom. The van der Waals surface area contributed by atoms with E-state index in [1.807, 2.05) is 30.5 Å². The van der Waals surface area contributed by atoms with Crippen LogP contribution < -0.4 is 5.32 Å². The summed E-state index contributed by atoms with van der Waals surface area (Å²) < 4.78 is 13.9. The number of hydrogen-bond acceptors (Lipinski definition) is 4. The smallest absolute Gasteiger partial charge is 0.303 e. The highest BCUT2D eigenvalue weighted by Gasteiger charge is 2.02. The molecule has 0 atom stereocenters. The van der Waals surface area contributed by atoms with Crippen LogP contribution in [0.2, 0.25) is 0 Å². The zero-order valence-electron chi connectivity index (χ0n) is 15.5. The summed E-state index contributed by atoms with van der Waals surface area (Å²) in [6.07, 6.45) is 9.94. The maximum Gasteiger partial charge on any atom is 0.303 e. The van der Waals surface area contributed by atoms with Crippen molar-refractivity contribution in [3.8, 4) is 5.69 Å². The van der Waals surface area contributed by atoms with E-state index in [9.17, 15) is 9.18 Å². The highest BCUT2D eigenvalue weighted by Crippen LogP contribution is 2.11. The molecule has 6 nitrogen and oxygen atoms in total. The molecule has 0 amide bonds. The van der Waals surface area contributed by atoms with E-state index in [0.29, 0.717) is 12.8 Å². The van der Waals surface area contributed by atoms with Crippen molar-refractivity contribution in [1.82, 2.24) is 20.3 Å². The van der Waals surface area contributed by atoms with Gasteiger partial charge >= 0.3 is 5.97 Å². The Balaban J connectivity index is 1.68. The molecule has 1 heterocycles. The number of aromatic nitrogens is 3. The number of halogens is 1. The van der Waals surface area contributed by atoms with Gasteiger partial charge in [0.1, 0.15) is 0 Å². The quantitative estimate of drug-likeness (QED) is 0.525. The molecule has 1 aromatic carbocycles. The number of rotatable bonds is 13. The highest BCUT2D eigenvalue weighted by atomic mass is 19.1. The molecular weight excluding hydrogens is 347 g/mol. The molecule has 0 aliphatic rings. The van der Waals surface area contributed by atoms with E-state index in [1.165, 1.54) is 0 Å². The number of hydrogen-bond donors (Lipinski definition) is 2. The summed E-state index contributed by atoms with van der Waals surface area (Å²) in [5, 5.41) is 20.0. The van der Waals surface area contributed by atoms with Crippen LogP contribution in [0.4, 0.5) is 4.39 Å². The Morgan fingerprint density at radius 1 is 1.19 bits per heavy atom. The molecule has 2 rings (SSSR count). The average Bonchev–Trinajstić information content (AvgIpc) is 3.14. The first-order valence-electron chi connectivity index (χ1n) is 9.35. The second kappa shape index (κ2) is 12.0. The largest absolute Gasteiger partial charge is 0.481 e. The summed E-state index contributed by atoms with van der Waals surface area (Å²) in [6, 6.07) is 7.98. The van der Waals surface area contributed by atoms with E-state index in [-0.39, 0.29) is 13.1 Å². The zero-order valence-corrected chi connectivity index (χ0v) is 15.5. The van der Waals surface area contributed by atoms with Crippen molar-refractivity contribution < 1.29 is 14.3 Å². The first-order valence-corrected chi connectivity index (χ1v) is 9.35. The molecule has 0 unspecified atom stereocenters. The second-order valence-electron chi connectivity index (χ2n) is 6.35. The van der Waals surface area contributed by atoms with Crippen molar-refractivity contribution >= 4 is 12.0 Å². The minimum atomic E-state index is -0.724. The Kier molecular flexibility index (Phi) is 9.20. The average molecular weight is 374 g/mol. The van der Waals surface area contributed by atoms with E-state index in [4.69, 9.17) is 5.11 Å². The van der Waals surface area contributed by atoms with Crippen molar-refractivity contribution in [1.29, 1.82) is 0 Å². The lowest BCUT2D eigenvalue weighted by molar-refractivity contribution is -0.137. The van der Waals surface area contributed by atoms with E-state index in [1.54, 1.807) is 4.68 Å². The maximum absolute atomic E-state index is 12.2. The molecule has 2 aromatic rings. The summed E-state index contributed by atoms with van der Waals surface area (Å²) in [6.45, 7) is 1.33. The van der Waals surface area contributed by atoms with Gasteiger partial charge in [0.05, 0.1) is 24.3 Å². The number of aliphatic carboxylic acids is 1. The normalized spacial score (nSPS) is 11.3. The van der Waals surface area contributed by atoms with Crippen molar-refractivity contribution in [2.24, 2.45) is 0 Å². The van der Waals surface area contributed by atoms with Gasteiger partial charge in [-0.25, -0.2) is 4.68 Å². The molecular formula is C20H27FN4O2. The van der Waals surface area contributed by atoms with Gasteiger partial charge in [-0.2, -0.15) is 0 Å². The minimum absolute atomic E-state index is 0.253. The lowest BCUT2D eigenvalue weighted by Gasteiger charge is -2.02. The van der Waals surface area contributed by atoms with Gasteiger partial charge in [-0.05, 0) is 49.9 Å². The number of carbonyl (C=O) groups is 1. The van der Waals surface area contributed by atoms with Crippen LogP contribution in [-0.4, -0.2) is 45.8 Å². The molecule has 1 aromatic heterocycles. The standard InChI is InChI=1S/C20H27FN4O2/c21-13-4-7-18-16-25(24-23-18)19-11-9-17(10-12-19)6-5-15-22-14-3-1-2-8-20(26)27/h5-6,9-12,16,22H,1-4,7-8,13-15H2,(H,26,27)/b6-5+. The summed E-state index contributed by atoms with van der Waals surface area (Å²) in [4.78, 5) is 10.4.